The van der Waals surface area contributed by atoms with E-state index in [9.17, 15) is 4.79 Å². The van der Waals surface area contributed by atoms with E-state index in [1.165, 1.54) is 25.9 Å². The van der Waals surface area contributed by atoms with Crippen LogP contribution in [0.2, 0.25) is 0 Å². The van der Waals surface area contributed by atoms with Crippen molar-refractivity contribution in [2.24, 2.45) is 0 Å². The van der Waals surface area contributed by atoms with Crippen molar-refractivity contribution < 1.29 is 14.3 Å². The second kappa shape index (κ2) is 12.0. The van der Waals surface area contributed by atoms with Crippen molar-refractivity contribution >= 4 is 23.4 Å². The minimum absolute atomic E-state index is 0.142. The first-order valence-corrected chi connectivity index (χ1v) is 12.2. The maximum atomic E-state index is 11.5. The minimum atomic E-state index is 0.142. The summed E-state index contributed by atoms with van der Waals surface area (Å²) in [6.07, 6.45) is 6.14. The summed E-state index contributed by atoms with van der Waals surface area (Å²) >= 11 is 0. The van der Waals surface area contributed by atoms with E-state index in [4.69, 9.17) is 9.47 Å². The molecule has 0 unspecified atom stereocenters. The van der Waals surface area contributed by atoms with Crippen LogP contribution in [0.15, 0.2) is 30.5 Å². The summed E-state index contributed by atoms with van der Waals surface area (Å²) in [5, 5.41) is 6.78. The number of likely N-dealkylation sites (tertiary alicyclic amines) is 2. The molecule has 2 aliphatic heterocycles. The normalized spacial score (nSPS) is 17.1. The second-order valence-corrected chi connectivity index (χ2v) is 8.94. The van der Waals surface area contributed by atoms with E-state index in [1.807, 2.05) is 29.2 Å². The lowest BCUT2D eigenvalue weighted by atomic mass is 10.1. The Hall–Kier alpha value is -2.91. The van der Waals surface area contributed by atoms with Crippen LogP contribution in [0.5, 0.6) is 5.75 Å². The van der Waals surface area contributed by atoms with Gasteiger partial charge in [0.1, 0.15) is 11.6 Å². The number of nitrogens with zero attached hydrogens (tertiary/aromatic N) is 4. The number of hydrogen-bond acceptors (Lipinski definition) is 8. The van der Waals surface area contributed by atoms with E-state index in [1.54, 1.807) is 20.2 Å². The number of ether oxygens (including phenoxy) is 2. The van der Waals surface area contributed by atoms with Gasteiger partial charge in [-0.1, -0.05) is 0 Å². The van der Waals surface area contributed by atoms with E-state index in [0.717, 1.165) is 55.3 Å². The molecule has 2 aliphatic rings. The third kappa shape index (κ3) is 6.80. The van der Waals surface area contributed by atoms with Crippen LogP contribution >= 0.6 is 0 Å². The smallest absolute Gasteiger partial charge is 0.229 e. The Labute approximate surface area is 201 Å². The fourth-order valence-electron chi connectivity index (χ4n) is 4.53. The maximum Gasteiger partial charge on any atom is 0.229 e. The molecule has 0 radical (unpaired) electrons. The Bertz CT molecular complexity index is 942. The number of rotatable bonds is 10. The maximum absolute atomic E-state index is 11.5. The van der Waals surface area contributed by atoms with Gasteiger partial charge in [-0.15, -0.1) is 0 Å². The monoisotopic (exact) mass is 468 g/mol. The largest absolute Gasteiger partial charge is 0.496 e. The van der Waals surface area contributed by atoms with Gasteiger partial charge in [0, 0.05) is 50.0 Å². The van der Waals surface area contributed by atoms with Crippen LogP contribution in [0.1, 0.15) is 38.2 Å². The molecular formula is C25H36N6O3. The predicted octanol–water partition coefficient (Wildman–Crippen LogP) is 3.26. The minimum Gasteiger partial charge on any atom is -0.496 e. The Morgan fingerprint density at radius 3 is 2.68 bits per heavy atom. The first kappa shape index (κ1) is 24.2. The van der Waals surface area contributed by atoms with E-state index >= 15 is 0 Å². The molecule has 2 N–H and O–H groups in total. The van der Waals surface area contributed by atoms with Crippen LogP contribution < -0.4 is 15.4 Å². The number of carbonyl (C=O) groups is 1. The molecule has 2 fully saturated rings. The van der Waals surface area contributed by atoms with Gasteiger partial charge in [-0.3, -0.25) is 4.79 Å². The molecule has 0 aliphatic carbocycles. The number of piperidine rings is 1. The molecule has 9 nitrogen and oxygen atoms in total. The van der Waals surface area contributed by atoms with Gasteiger partial charge < -0.3 is 29.9 Å². The lowest BCUT2D eigenvalue weighted by Crippen LogP contribution is -2.41. The van der Waals surface area contributed by atoms with Crippen molar-refractivity contribution in [3.63, 3.8) is 0 Å². The molecule has 0 saturated carbocycles. The number of anilines is 3. The van der Waals surface area contributed by atoms with Crippen LogP contribution in [0.4, 0.5) is 17.5 Å². The standard InChI is InChI=1S/C25H36N6O3/c1-19(32)31-13-8-21(9-14-31)27-24-7-10-26-25(29-24)28-22-5-6-23(33-2)20(17-22)18-34-16-15-30-11-3-4-12-30/h5-7,10,17,21H,3-4,8-9,11-16,18H2,1-2H3,(H2,26,27,28,29). The second-order valence-electron chi connectivity index (χ2n) is 8.94. The number of aromatic nitrogens is 2. The Morgan fingerprint density at radius 1 is 1.15 bits per heavy atom. The molecule has 2 saturated heterocycles. The van der Waals surface area contributed by atoms with E-state index in [-0.39, 0.29) is 5.91 Å². The summed E-state index contributed by atoms with van der Waals surface area (Å²) < 4.78 is 11.5. The number of nitrogens with one attached hydrogen (secondary N) is 2. The lowest BCUT2D eigenvalue weighted by Gasteiger charge is -2.31. The highest BCUT2D eigenvalue weighted by Gasteiger charge is 2.21. The fourth-order valence-corrected chi connectivity index (χ4v) is 4.53. The molecule has 0 bridgehead atoms. The average molecular weight is 469 g/mol. The van der Waals surface area contributed by atoms with E-state index in [2.05, 4.69) is 25.5 Å². The van der Waals surface area contributed by atoms with E-state index < -0.39 is 0 Å². The summed E-state index contributed by atoms with van der Waals surface area (Å²) in [6.45, 7) is 7.71. The molecule has 0 spiro atoms. The highest BCUT2D eigenvalue weighted by molar-refractivity contribution is 5.73. The summed E-state index contributed by atoms with van der Waals surface area (Å²) in [6, 6.07) is 8.08. The Kier molecular flexibility index (Phi) is 8.54. The van der Waals surface area contributed by atoms with Crippen molar-refractivity contribution in [1.29, 1.82) is 0 Å². The summed E-state index contributed by atoms with van der Waals surface area (Å²) in [7, 11) is 1.68. The molecule has 1 amide bonds. The zero-order chi connectivity index (χ0) is 23.8. The summed E-state index contributed by atoms with van der Waals surface area (Å²) in [5.41, 5.74) is 1.87. The molecule has 0 atom stereocenters. The van der Waals surface area contributed by atoms with Crippen LogP contribution in [0.3, 0.4) is 0 Å². The molecule has 2 aromatic rings. The van der Waals surface area contributed by atoms with Crippen LogP contribution in [0, 0.1) is 0 Å². The third-order valence-corrected chi connectivity index (χ3v) is 6.49. The van der Waals surface area contributed by atoms with Gasteiger partial charge in [0.05, 0.1) is 20.3 Å². The van der Waals surface area contributed by atoms with Crippen molar-refractivity contribution in [1.82, 2.24) is 19.8 Å². The van der Waals surface area contributed by atoms with Gasteiger partial charge in [-0.05, 0) is 63.0 Å². The molecule has 1 aromatic carbocycles. The number of amides is 1. The van der Waals surface area contributed by atoms with Crippen molar-refractivity contribution in [3.05, 3.63) is 36.0 Å². The molecule has 34 heavy (non-hydrogen) atoms. The number of carbonyl (C=O) groups excluding carboxylic acids is 1. The Balaban J connectivity index is 1.32. The van der Waals surface area contributed by atoms with Crippen LogP contribution in [-0.4, -0.2) is 78.2 Å². The van der Waals surface area contributed by atoms with Crippen molar-refractivity contribution in [3.8, 4) is 5.75 Å². The topological polar surface area (TPSA) is 91.9 Å². The van der Waals surface area contributed by atoms with Crippen LogP contribution in [0.25, 0.3) is 0 Å². The van der Waals surface area contributed by atoms with E-state index in [0.29, 0.717) is 25.2 Å². The third-order valence-electron chi connectivity index (χ3n) is 6.49. The van der Waals surface area contributed by atoms with Crippen molar-refractivity contribution in [2.45, 2.75) is 45.3 Å². The number of methoxy groups -OCH3 is 1. The highest BCUT2D eigenvalue weighted by atomic mass is 16.5. The first-order valence-electron chi connectivity index (χ1n) is 12.2. The molecule has 184 valence electrons. The lowest BCUT2D eigenvalue weighted by molar-refractivity contribution is -0.129. The quantitative estimate of drug-likeness (QED) is 0.514. The SMILES string of the molecule is COc1ccc(Nc2nccc(NC3CCN(C(C)=O)CC3)n2)cc1COCCN1CCCC1. The number of hydrogen-bond donors (Lipinski definition) is 2. The summed E-state index contributed by atoms with van der Waals surface area (Å²) in [4.78, 5) is 24.9. The molecule has 9 heteroatoms. The predicted molar refractivity (Wildman–Crippen MR) is 133 cm³/mol. The van der Waals surface area contributed by atoms with Gasteiger partial charge >= 0.3 is 0 Å². The van der Waals surface area contributed by atoms with Gasteiger partial charge in [0.15, 0.2) is 0 Å². The fraction of sp³-hybridized carbons (Fsp3) is 0.560. The zero-order valence-electron chi connectivity index (χ0n) is 20.3. The Morgan fingerprint density at radius 2 is 1.94 bits per heavy atom. The molecular weight excluding hydrogens is 432 g/mol. The van der Waals surface area contributed by atoms with Gasteiger partial charge in [-0.2, -0.15) is 4.98 Å². The molecule has 3 heterocycles. The number of benzene rings is 1. The first-order chi connectivity index (χ1) is 16.6. The zero-order valence-corrected chi connectivity index (χ0v) is 20.3. The van der Waals surface area contributed by atoms with Gasteiger partial charge in [-0.25, -0.2) is 4.98 Å². The highest BCUT2D eigenvalue weighted by Crippen LogP contribution is 2.25. The van der Waals surface area contributed by atoms with Gasteiger partial charge in [0.2, 0.25) is 11.9 Å². The molecule has 1 aromatic heterocycles. The van der Waals surface area contributed by atoms with Gasteiger partial charge in [0.25, 0.3) is 0 Å². The van der Waals surface area contributed by atoms with Crippen molar-refractivity contribution in [2.75, 3.05) is 57.1 Å². The van der Waals surface area contributed by atoms with Crippen LogP contribution in [-0.2, 0) is 16.1 Å². The average Bonchev–Trinajstić information content (AvgIpc) is 3.36. The molecule has 4 rings (SSSR count). The summed E-state index contributed by atoms with van der Waals surface area (Å²) in [5.74, 6) is 2.25.